The van der Waals surface area contributed by atoms with Crippen LogP contribution in [0.5, 0.6) is 0 Å². The lowest BCUT2D eigenvalue weighted by atomic mass is 10.1. The van der Waals surface area contributed by atoms with Crippen LogP contribution in [-0.4, -0.2) is 47.3 Å². The monoisotopic (exact) mass is 290 g/mol. The minimum Gasteiger partial charge on any atom is -0.480 e. The third kappa shape index (κ3) is 4.19. The van der Waals surface area contributed by atoms with E-state index in [0.29, 0.717) is 0 Å². The Labute approximate surface area is 113 Å². The number of alkyl halides is 3. The number of rotatable bonds is 3. The number of hydrogen-bond donors (Lipinski definition) is 2. The summed E-state index contributed by atoms with van der Waals surface area (Å²) in [6, 6.07) is -1.99. The Morgan fingerprint density at radius 2 is 2.20 bits per heavy atom. The van der Waals surface area contributed by atoms with Crippen LogP contribution in [0, 0.1) is 12.3 Å². The summed E-state index contributed by atoms with van der Waals surface area (Å²) in [6.07, 6.45) is 0.987. The first-order valence-electron chi connectivity index (χ1n) is 5.73. The standard InChI is InChI=1S/C12H13F3N2O3/c1-2-3-9(10(18)19)16-11(20)17-6-4-8(5-7-17)12(13,14)15/h1,4,9H,3,5-7H2,(H,16,20)(H,18,19). The van der Waals surface area contributed by atoms with Gasteiger partial charge in [0.1, 0.15) is 6.04 Å². The van der Waals surface area contributed by atoms with Crippen LogP contribution in [-0.2, 0) is 4.79 Å². The van der Waals surface area contributed by atoms with Gasteiger partial charge in [0, 0.05) is 25.1 Å². The van der Waals surface area contributed by atoms with E-state index in [9.17, 15) is 22.8 Å². The quantitative estimate of drug-likeness (QED) is 0.609. The summed E-state index contributed by atoms with van der Waals surface area (Å²) in [5.41, 5.74) is -0.681. The molecular formula is C12H13F3N2O3. The molecule has 0 saturated heterocycles. The van der Waals surface area contributed by atoms with E-state index in [1.165, 1.54) is 0 Å². The molecule has 0 aromatic carbocycles. The van der Waals surface area contributed by atoms with Crippen molar-refractivity contribution in [2.45, 2.75) is 25.1 Å². The molecule has 2 amide bonds. The minimum absolute atomic E-state index is 0.125. The fourth-order valence-electron chi connectivity index (χ4n) is 1.67. The number of nitrogens with one attached hydrogen (secondary N) is 1. The molecule has 0 bridgehead atoms. The number of urea groups is 1. The number of carbonyl (C=O) groups is 2. The number of carbonyl (C=O) groups excluding carboxylic acids is 1. The summed E-state index contributed by atoms with van der Waals surface area (Å²) in [4.78, 5) is 23.6. The maximum absolute atomic E-state index is 12.4. The molecule has 0 fully saturated rings. The van der Waals surface area contributed by atoms with Gasteiger partial charge in [-0.25, -0.2) is 9.59 Å². The van der Waals surface area contributed by atoms with Crippen molar-refractivity contribution in [1.82, 2.24) is 10.2 Å². The molecule has 0 saturated carbocycles. The second-order valence-corrected chi connectivity index (χ2v) is 4.17. The van der Waals surface area contributed by atoms with Crippen molar-refractivity contribution in [3.63, 3.8) is 0 Å². The van der Waals surface area contributed by atoms with Crippen LogP contribution >= 0.6 is 0 Å². The highest BCUT2D eigenvalue weighted by Crippen LogP contribution is 2.30. The third-order valence-electron chi connectivity index (χ3n) is 2.78. The second kappa shape index (κ2) is 6.32. The number of terminal acetylenes is 1. The van der Waals surface area contributed by atoms with Gasteiger partial charge in [-0.2, -0.15) is 13.2 Å². The van der Waals surface area contributed by atoms with Gasteiger partial charge in [0.25, 0.3) is 0 Å². The fourth-order valence-corrected chi connectivity index (χ4v) is 1.67. The lowest BCUT2D eigenvalue weighted by molar-refractivity contribution is -0.139. The first-order valence-corrected chi connectivity index (χ1v) is 5.73. The van der Waals surface area contributed by atoms with Gasteiger partial charge in [-0.05, 0) is 6.42 Å². The van der Waals surface area contributed by atoms with Gasteiger partial charge in [0.05, 0.1) is 0 Å². The van der Waals surface area contributed by atoms with Gasteiger partial charge in [0.15, 0.2) is 0 Å². The molecule has 1 rings (SSSR count). The summed E-state index contributed by atoms with van der Waals surface area (Å²) >= 11 is 0. The van der Waals surface area contributed by atoms with Gasteiger partial charge in [-0.3, -0.25) is 0 Å². The second-order valence-electron chi connectivity index (χ2n) is 4.17. The largest absolute Gasteiger partial charge is 0.480 e. The number of hydrogen-bond acceptors (Lipinski definition) is 2. The Hall–Kier alpha value is -2.17. The predicted octanol–water partition coefficient (Wildman–Crippen LogP) is 1.37. The SMILES string of the molecule is C#CCC(NC(=O)N1CC=C(C(F)(F)F)CC1)C(=O)O. The smallest absolute Gasteiger partial charge is 0.412 e. The Morgan fingerprint density at radius 3 is 2.60 bits per heavy atom. The molecule has 1 aliphatic rings. The van der Waals surface area contributed by atoms with Crippen molar-refractivity contribution >= 4 is 12.0 Å². The van der Waals surface area contributed by atoms with Crippen molar-refractivity contribution in [2.24, 2.45) is 0 Å². The van der Waals surface area contributed by atoms with Gasteiger partial charge >= 0.3 is 18.2 Å². The van der Waals surface area contributed by atoms with E-state index in [1.807, 2.05) is 0 Å². The zero-order valence-corrected chi connectivity index (χ0v) is 10.4. The van der Waals surface area contributed by atoms with Crippen molar-refractivity contribution in [2.75, 3.05) is 13.1 Å². The van der Waals surface area contributed by atoms with Crippen LogP contribution in [0.2, 0.25) is 0 Å². The number of nitrogens with zero attached hydrogens (tertiary/aromatic N) is 1. The highest BCUT2D eigenvalue weighted by molar-refractivity contribution is 5.83. The molecule has 0 spiro atoms. The summed E-state index contributed by atoms with van der Waals surface area (Å²) in [6.45, 7) is -0.345. The van der Waals surface area contributed by atoms with E-state index in [4.69, 9.17) is 11.5 Å². The highest BCUT2D eigenvalue weighted by atomic mass is 19.4. The summed E-state index contributed by atoms with van der Waals surface area (Å²) in [5.74, 6) is 0.818. The molecule has 1 unspecified atom stereocenters. The average molecular weight is 290 g/mol. The van der Waals surface area contributed by atoms with Gasteiger partial charge in [0.2, 0.25) is 0 Å². The molecule has 110 valence electrons. The first kappa shape index (κ1) is 15.9. The van der Waals surface area contributed by atoms with E-state index in [2.05, 4.69) is 11.2 Å². The summed E-state index contributed by atoms with van der Waals surface area (Å²) in [7, 11) is 0. The van der Waals surface area contributed by atoms with Crippen LogP contribution in [0.1, 0.15) is 12.8 Å². The van der Waals surface area contributed by atoms with Crippen molar-refractivity contribution < 1.29 is 27.9 Å². The zero-order chi connectivity index (χ0) is 15.3. The molecule has 1 atom stereocenters. The molecule has 0 aromatic rings. The molecule has 5 nitrogen and oxygen atoms in total. The molecule has 1 heterocycles. The molecule has 0 radical (unpaired) electrons. The molecule has 0 aliphatic carbocycles. The highest BCUT2D eigenvalue weighted by Gasteiger charge is 2.35. The van der Waals surface area contributed by atoms with Crippen LogP contribution in [0.25, 0.3) is 0 Å². The van der Waals surface area contributed by atoms with Crippen LogP contribution < -0.4 is 5.32 Å². The summed E-state index contributed by atoms with van der Waals surface area (Å²) < 4.78 is 37.2. The molecule has 8 heteroatoms. The maximum atomic E-state index is 12.4. The minimum atomic E-state index is -4.39. The fraction of sp³-hybridized carbons (Fsp3) is 0.500. The van der Waals surface area contributed by atoms with Gasteiger partial charge in [-0.1, -0.05) is 6.08 Å². The zero-order valence-electron chi connectivity index (χ0n) is 10.4. The van der Waals surface area contributed by atoms with Crippen molar-refractivity contribution in [3.8, 4) is 12.3 Å². The number of amides is 2. The average Bonchev–Trinajstić information content (AvgIpc) is 2.37. The number of carboxylic acids is 1. The number of halogens is 3. The maximum Gasteiger partial charge on any atom is 0.412 e. The van der Waals surface area contributed by atoms with Crippen molar-refractivity contribution in [3.05, 3.63) is 11.6 Å². The van der Waals surface area contributed by atoms with Crippen LogP contribution in [0.4, 0.5) is 18.0 Å². The molecule has 0 aromatic heterocycles. The van der Waals surface area contributed by atoms with E-state index in [1.54, 1.807) is 0 Å². The molecular weight excluding hydrogens is 277 g/mol. The van der Waals surface area contributed by atoms with Gasteiger partial charge < -0.3 is 15.3 Å². The molecule has 20 heavy (non-hydrogen) atoms. The van der Waals surface area contributed by atoms with E-state index >= 15 is 0 Å². The van der Waals surface area contributed by atoms with Crippen LogP contribution in [0.15, 0.2) is 11.6 Å². The first-order chi connectivity index (χ1) is 9.25. The number of carboxylic acid groups (broad SMARTS) is 1. The van der Waals surface area contributed by atoms with Crippen LogP contribution in [0.3, 0.4) is 0 Å². The molecule has 2 N–H and O–H groups in total. The Kier molecular flexibility index (Phi) is 5.02. The van der Waals surface area contributed by atoms with Crippen molar-refractivity contribution in [1.29, 1.82) is 0 Å². The summed E-state index contributed by atoms with van der Waals surface area (Å²) in [5, 5.41) is 11.0. The lowest BCUT2D eigenvalue weighted by Gasteiger charge is -2.28. The van der Waals surface area contributed by atoms with E-state index in [-0.39, 0.29) is 25.9 Å². The molecule has 1 aliphatic heterocycles. The Morgan fingerprint density at radius 1 is 1.55 bits per heavy atom. The third-order valence-corrected chi connectivity index (χ3v) is 2.78. The van der Waals surface area contributed by atoms with E-state index < -0.39 is 29.8 Å². The lowest BCUT2D eigenvalue weighted by Crippen LogP contribution is -2.49. The van der Waals surface area contributed by atoms with Gasteiger partial charge in [-0.15, -0.1) is 12.3 Å². The Balaban J connectivity index is 2.61. The Bertz CT molecular complexity index is 466. The normalized spacial score (nSPS) is 16.9. The topological polar surface area (TPSA) is 69.6 Å². The van der Waals surface area contributed by atoms with E-state index in [0.717, 1.165) is 11.0 Å². The predicted molar refractivity (Wildman–Crippen MR) is 63.7 cm³/mol. The number of aliphatic carboxylic acids is 1.